The molecule has 4 N–H and O–H groups in total. The molecule has 0 radical (unpaired) electrons. The Morgan fingerprint density at radius 3 is 1.50 bits per heavy atom. The van der Waals surface area contributed by atoms with Gasteiger partial charge in [-0.25, -0.2) is 0 Å². The van der Waals surface area contributed by atoms with Gasteiger partial charge in [-0.05, 0) is 37.1 Å². The molecule has 0 saturated heterocycles. The molecule has 0 unspecified atom stereocenters. The molecule has 0 amide bonds. The summed E-state index contributed by atoms with van der Waals surface area (Å²) in [5.74, 6) is -0.468. The second-order valence-corrected chi connectivity index (χ2v) is 5.10. The Morgan fingerprint density at radius 1 is 0.700 bits per heavy atom. The summed E-state index contributed by atoms with van der Waals surface area (Å²) >= 11 is 0. The molecule has 0 heterocycles. The fraction of sp³-hybridized carbons (Fsp3) is 0.125. The molecule has 0 fully saturated rings. The summed E-state index contributed by atoms with van der Waals surface area (Å²) in [5.41, 5.74) is 15.5. The lowest BCUT2D eigenvalue weighted by molar-refractivity contribution is 0.0980. The van der Waals surface area contributed by atoms with Crippen molar-refractivity contribution in [3.8, 4) is 0 Å². The van der Waals surface area contributed by atoms with E-state index in [2.05, 4.69) is 0 Å². The largest absolute Gasteiger partial charge is 0.398 e. The first-order valence-electron chi connectivity index (χ1n) is 6.31. The number of nitrogens with two attached hydrogens (primary N) is 2. The van der Waals surface area contributed by atoms with Crippen LogP contribution in [0.2, 0.25) is 0 Å². The van der Waals surface area contributed by atoms with Crippen molar-refractivity contribution in [1.29, 1.82) is 0 Å². The average molecular weight is 266 g/mol. The number of carbonyl (C=O) groups excluding carboxylic acids is 2. The van der Waals surface area contributed by atoms with Gasteiger partial charge in [-0.3, -0.25) is 9.59 Å². The zero-order valence-corrected chi connectivity index (χ0v) is 11.3. The molecule has 0 spiro atoms. The Kier molecular flexibility index (Phi) is 2.44. The van der Waals surface area contributed by atoms with Crippen LogP contribution in [-0.4, -0.2) is 11.6 Å². The summed E-state index contributed by atoms with van der Waals surface area (Å²) in [6.07, 6.45) is 0. The fourth-order valence-corrected chi connectivity index (χ4v) is 2.59. The number of benzene rings is 2. The molecule has 1 aliphatic rings. The van der Waals surface area contributed by atoms with Crippen molar-refractivity contribution in [2.24, 2.45) is 0 Å². The SMILES string of the molecule is Cc1ccc2c(c1N)C(=O)c1c(ccc(C)c1N)C2=O. The normalized spacial score (nSPS) is 13.1. The molecule has 4 heteroatoms. The van der Waals surface area contributed by atoms with Crippen LogP contribution in [0.25, 0.3) is 0 Å². The monoisotopic (exact) mass is 266 g/mol. The van der Waals surface area contributed by atoms with Gasteiger partial charge in [0, 0.05) is 22.5 Å². The van der Waals surface area contributed by atoms with Gasteiger partial charge >= 0.3 is 0 Å². The van der Waals surface area contributed by atoms with Crippen molar-refractivity contribution >= 4 is 22.9 Å². The van der Waals surface area contributed by atoms with E-state index in [4.69, 9.17) is 11.5 Å². The van der Waals surface area contributed by atoms with E-state index in [9.17, 15) is 9.59 Å². The van der Waals surface area contributed by atoms with Gasteiger partial charge in [-0.2, -0.15) is 0 Å². The van der Waals surface area contributed by atoms with Gasteiger partial charge in [-0.1, -0.05) is 12.1 Å². The fourth-order valence-electron chi connectivity index (χ4n) is 2.59. The van der Waals surface area contributed by atoms with Gasteiger partial charge in [-0.15, -0.1) is 0 Å². The average Bonchev–Trinajstić information content (AvgIpc) is 2.42. The molecule has 100 valence electrons. The molecule has 0 atom stereocenters. The van der Waals surface area contributed by atoms with E-state index in [-0.39, 0.29) is 22.7 Å². The van der Waals surface area contributed by atoms with Crippen molar-refractivity contribution in [3.63, 3.8) is 0 Å². The van der Waals surface area contributed by atoms with Crippen LogP contribution in [0, 0.1) is 13.8 Å². The zero-order valence-electron chi connectivity index (χ0n) is 11.3. The Morgan fingerprint density at radius 2 is 1.10 bits per heavy atom. The maximum absolute atomic E-state index is 12.7. The highest BCUT2D eigenvalue weighted by Crippen LogP contribution is 2.35. The first kappa shape index (κ1) is 12.4. The van der Waals surface area contributed by atoms with Gasteiger partial charge in [0.2, 0.25) is 0 Å². The third-order valence-corrected chi connectivity index (χ3v) is 3.87. The van der Waals surface area contributed by atoms with Gasteiger partial charge in [0.1, 0.15) is 0 Å². The summed E-state index contributed by atoms with van der Waals surface area (Å²) in [6, 6.07) is 6.81. The van der Waals surface area contributed by atoms with Crippen LogP contribution < -0.4 is 11.5 Å². The summed E-state index contributed by atoms with van der Waals surface area (Å²) in [6.45, 7) is 3.62. The number of nitrogen functional groups attached to an aromatic ring is 2. The van der Waals surface area contributed by atoms with Crippen LogP contribution in [0.3, 0.4) is 0 Å². The number of rotatable bonds is 0. The molecule has 0 saturated carbocycles. The van der Waals surface area contributed by atoms with E-state index >= 15 is 0 Å². The number of aryl methyl sites for hydroxylation is 2. The summed E-state index contributed by atoms with van der Waals surface area (Å²) in [5, 5.41) is 0. The molecule has 2 aromatic carbocycles. The smallest absolute Gasteiger partial charge is 0.198 e. The lowest BCUT2D eigenvalue weighted by atomic mass is 9.81. The van der Waals surface area contributed by atoms with Crippen molar-refractivity contribution in [2.75, 3.05) is 11.5 Å². The van der Waals surface area contributed by atoms with Crippen LogP contribution in [0.4, 0.5) is 11.4 Å². The molecular weight excluding hydrogens is 252 g/mol. The van der Waals surface area contributed by atoms with E-state index in [0.29, 0.717) is 22.5 Å². The van der Waals surface area contributed by atoms with Gasteiger partial charge < -0.3 is 11.5 Å². The lowest BCUT2D eigenvalue weighted by Crippen LogP contribution is -2.24. The van der Waals surface area contributed by atoms with Crippen molar-refractivity contribution in [1.82, 2.24) is 0 Å². The van der Waals surface area contributed by atoms with Crippen LogP contribution in [0.15, 0.2) is 24.3 Å². The van der Waals surface area contributed by atoms with E-state index in [1.165, 1.54) is 0 Å². The molecule has 2 aromatic rings. The van der Waals surface area contributed by atoms with Crippen molar-refractivity contribution in [3.05, 3.63) is 57.6 Å². The standard InChI is InChI=1S/C16H14N2O2/c1-7-3-5-9-11(13(7)17)16(20)12-10(15(9)19)6-4-8(2)14(12)18/h3-6H,17-18H2,1-2H3. The molecule has 0 aliphatic heterocycles. The lowest BCUT2D eigenvalue weighted by Gasteiger charge is -2.21. The number of hydrogen-bond acceptors (Lipinski definition) is 4. The minimum atomic E-state index is -0.267. The molecule has 3 rings (SSSR count). The number of anilines is 2. The third-order valence-electron chi connectivity index (χ3n) is 3.87. The van der Waals surface area contributed by atoms with Gasteiger partial charge in [0.25, 0.3) is 0 Å². The Bertz CT molecular complexity index is 728. The Hall–Kier alpha value is -2.62. The number of fused-ring (bicyclic) bond motifs is 2. The van der Waals surface area contributed by atoms with Crippen LogP contribution in [0.1, 0.15) is 43.0 Å². The topological polar surface area (TPSA) is 86.2 Å². The maximum Gasteiger partial charge on any atom is 0.198 e. The number of ketones is 2. The van der Waals surface area contributed by atoms with E-state index in [1.54, 1.807) is 24.3 Å². The maximum atomic E-state index is 12.7. The molecule has 0 bridgehead atoms. The molecule has 4 nitrogen and oxygen atoms in total. The zero-order chi connectivity index (χ0) is 14.6. The molecule has 20 heavy (non-hydrogen) atoms. The van der Waals surface area contributed by atoms with Crippen LogP contribution in [-0.2, 0) is 0 Å². The minimum Gasteiger partial charge on any atom is -0.398 e. The van der Waals surface area contributed by atoms with E-state index < -0.39 is 0 Å². The third kappa shape index (κ3) is 1.42. The Balaban J connectivity index is 2.41. The number of carbonyl (C=O) groups is 2. The van der Waals surface area contributed by atoms with Crippen LogP contribution in [0.5, 0.6) is 0 Å². The quantitative estimate of drug-likeness (QED) is 0.611. The first-order valence-corrected chi connectivity index (χ1v) is 6.31. The number of hydrogen-bond donors (Lipinski definition) is 2. The highest BCUT2D eigenvalue weighted by Gasteiger charge is 2.33. The predicted octanol–water partition coefficient (Wildman–Crippen LogP) is 2.24. The van der Waals surface area contributed by atoms with Gasteiger partial charge in [0.15, 0.2) is 11.6 Å². The highest BCUT2D eigenvalue weighted by molar-refractivity contribution is 6.31. The summed E-state index contributed by atoms with van der Waals surface area (Å²) in [4.78, 5) is 25.2. The molecular formula is C16H14N2O2. The van der Waals surface area contributed by atoms with Crippen molar-refractivity contribution < 1.29 is 9.59 Å². The van der Waals surface area contributed by atoms with E-state index in [1.807, 2.05) is 13.8 Å². The first-order chi connectivity index (χ1) is 9.43. The van der Waals surface area contributed by atoms with Crippen molar-refractivity contribution in [2.45, 2.75) is 13.8 Å². The van der Waals surface area contributed by atoms with Crippen LogP contribution >= 0.6 is 0 Å². The Labute approximate surface area is 116 Å². The van der Waals surface area contributed by atoms with E-state index in [0.717, 1.165) is 11.1 Å². The summed E-state index contributed by atoms with van der Waals surface area (Å²) in [7, 11) is 0. The highest BCUT2D eigenvalue weighted by atomic mass is 16.1. The van der Waals surface area contributed by atoms with Gasteiger partial charge in [0.05, 0.1) is 11.1 Å². The molecule has 0 aromatic heterocycles. The predicted molar refractivity (Wildman–Crippen MR) is 78.0 cm³/mol. The second-order valence-electron chi connectivity index (χ2n) is 5.10. The summed E-state index contributed by atoms with van der Waals surface area (Å²) < 4.78 is 0. The minimum absolute atomic E-state index is 0.201. The molecule has 1 aliphatic carbocycles. The second kappa shape index (κ2) is 3.93.